The van der Waals surface area contributed by atoms with Crippen molar-refractivity contribution in [2.24, 2.45) is 4.99 Å². The van der Waals surface area contributed by atoms with Crippen LogP contribution in [0.25, 0.3) is 27.9 Å². The third-order valence-corrected chi connectivity index (χ3v) is 7.34. The molecule has 13 heteroatoms. The number of aromatic nitrogens is 9. The highest BCUT2D eigenvalue weighted by molar-refractivity contribution is 6.30. The smallest absolute Gasteiger partial charge is 0.280 e. The van der Waals surface area contributed by atoms with E-state index in [1.165, 1.54) is 0 Å². The van der Waals surface area contributed by atoms with Crippen LogP contribution in [0.5, 0.6) is 0 Å². The van der Waals surface area contributed by atoms with Crippen LogP contribution in [0.2, 0.25) is 5.02 Å². The third kappa shape index (κ3) is 3.92. The number of benzene rings is 3. The molecule has 0 aliphatic carbocycles. The van der Waals surface area contributed by atoms with Crippen molar-refractivity contribution in [1.29, 1.82) is 0 Å². The first-order chi connectivity index (χ1) is 19.5. The van der Waals surface area contributed by atoms with Crippen LogP contribution in [0.4, 0.5) is 0 Å². The number of rotatable bonds is 6. The zero-order valence-electron chi connectivity index (χ0n) is 21.2. The zero-order chi connectivity index (χ0) is 27.3. The van der Waals surface area contributed by atoms with Gasteiger partial charge in [-0.1, -0.05) is 64.2 Å². The van der Waals surface area contributed by atoms with Gasteiger partial charge in [0.25, 0.3) is 12.1 Å². The van der Waals surface area contributed by atoms with E-state index < -0.39 is 5.60 Å². The van der Waals surface area contributed by atoms with Crippen molar-refractivity contribution in [2.45, 2.75) is 12.1 Å². The number of halogens is 1. The van der Waals surface area contributed by atoms with Gasteiger partial charge in [-0.15, -0.1) is 5.10 Å². The van der Waals surface area contributed by atoms with Gasteiger partial charge in [-0.05, 0) is 61.8 Å². The number of hydrogen-bond acceptors (Lipinski definition) is 9. The predicted octanol–water partition coefficient (Wildman–Crippen LogP) is 2.39. The first kappa shape index (κ1) is 24.1. The molecule has 1 aliphatic rings. The van der Waals surface area contributed by atoms with Crippen LogP contribution in [0, 0.1) is 0 Å². The van der Waals surface area contributed by atoms with E-state index in [1.54, 1.807) is 21.9 Å². The van der Waals surface area contributed by atoms with Crippen LogP contribution >= 0.6 is 11.6 Å². The van der Waals surface area contributed by atoms with E-state index in [0.29, 0.717) is 40.7 Å². The fourth-order valence-electron chi connectivity index (χ4n) is 5.15. The topological polar surface area (TPSA) is 135 Å². The lowest BCUT2D eigenvalue weighted by molar-refractivity contribution is -0.363. The average molecular weight is 551 g/mol. The summed E-state index contributed by atoms with van der Waals surface area (Å²) in [6, 6.07) is 21.0. The maximum Gasteiger partial charge on any atom is 0.280 e. The molecule has 7 rings (SSSR count). The van der Waals surface area contributed by atoms with Crippen molar-refractivity contribution in [3.63, 3.8) is 0 Å². The molecule has 0 spiro atoms. The zero-order valence-corrected chi connectivity index (χ0v) is 21.9. The number of hydrogen-bond donors (Lipinski definition) is 1. The van der Waals surface area contributed by atoms with Gasteiger partial charge in [-0.3, -0.25) is 0 Å². The molecule has 0 bridgehead atoms. The molecule has 3 aromatic heterocycles. The van der Waals surface area contributed by atoms with E-state index in [0.717, 1.165) is 27.7 Å². The Morgan fingerprint density at radius 3 is 2.60 bits per heavy atom. The quantitative estimate of drug-likeness (QED) is 0.312. The summed E-state index contributed by atoms with van der Waals surface area (Å²) < 4.78 is 5.08. The summed E-state index contributed by atoms with van der Waals surface area (Å²) in [5, 5.41) is 37.3. The molecule has 4 heterocycles. The lowest BCUT2D eigenvalue weighted by Gasteiger charge is -2.29. The Morgan fingerprint density at radius 1 is 1.00 bits per heavy atom. The molecule has 0 saturated carbocycles. The Kier molecular flexibility index (Phi) is 5.65. The molecule has 0 fully saturated rings. The lowest BCUT2D eigenvalue weighted by atomic mass is 9.81. The highest BCUT2D eigenvalue weighted by Crippen LogP contribution is 2.37. The number of nitrogens with zero attached hydrogens (tertiary/aromatic N) is 11. The van der Waals surface area contributed by atoms with Crippen molar-refractivity contribution in [3.05, 3.63) is 94.8 Å². The maximum atomic E-state index is 12.6. The van der Waals surface area contributed by atoms with E-state index in [4.69, 9.17) is 16.6 Å². The number of aliphatic hydroxyl groups is 1. The maximum absolute atomic E-state index is 12.6. The van der Waals surface area contributed by atoms with Gasteiger partial charge < -0.3 is 5.11 Å². The van der Waals surface area contributed by atoms with E-state index in [-0.39, 0.29) is 0 Å². The van der Waals surface area contributed by atoms with Crippen molar-refractivity contribution in [2.75, 3.05) is 13.6 Å². The molecule has 1 aliphatic heterocycles. The Labute approximate surface area is 231 Å². The minimum atomic E-state index is -1.49. The summed E-state index contributed by atoms with van der Waals surface area (Å²) in [5.74, 6) is 0.363. The Hall–Kier alpha value is -4.94. The highest BCUT2D eigenvalue weighted by atomic mass is 35.5. The van der Waals surface area contributed by atoms with Gasteiger partial charge in [0.2, 0.25) is 0 Å². The summed E-state index contributed by atoms with van der Waals surface area (Å²) in [5.41, 5.74) is 3.78. The summed E-state index contributed by atoms with van der Waals surface area (Å²) in [6.45, 7) is 0.862. The number of fused-ring (bicyclic) bond motifs is 3. The van der Waals surface area contributed by atoms with E-state index in [1.807, 2.05) is 78.4 Å². The number of tetrazole rings is 2. The van der Waals surface area contributed by atoms with Crippen molar-refractivity contribution >= 4 is 40.3 Å². The molecule has 12 nitrogen and oxygen atoms in total. The minimum absolute atomic E-state index is 0.350. The second-order valence-corrected chi connectivity index (χ2v) is 9.96. The molecule has 1 unspecified atom stereocenters. The van der Waals surface area contributed by atoms with Crippen LogP contribution < -0.4 is 0 Å². The van der Waals surface area contributed by atoms with Gasteiger partial charge in [0.1, 0.15) is 6.33 Å². The lowest BCUT2D eigenvalue weighted by Crippen LogP contribution is -2.41. The van der Waals surface area contributed by atoms with E-state index >= 15 is 0 Å². The molecule has 0 radical (unpaired) electrons. The van der Waals surface area contributed by atoms with Gasteiger partial charge in [-0.2, -0.15) is 4.52 Å². The molecule has 40 heavy (non-hydrogen) atoms. The molecule has 6 aromatic rings. The van der Waals surface area contributed by atoms with Gasteiger partial charge >= 0.3 is 0 Å². The summed E-state index contributed by atoms with van der Waals surface area (Å²) in [7, 11) is 1.88. The molecule has 196 valence electrons. The van der Waals surface area contributed by atoms with Gasteiger partial charge in [0, 0.05) is 16.0 Å². The highest BCUT2D eigenvalue weighted by Gasteiger charge is 2.43. The van der Waals surface area contributed by atoms with Crippen molar-refractivity contribution < 1.29 is 9.68 Å². The Morgan fingerprint density at radius 2 is 1.85 bits per heavy atom. The van der Waals surface area contributed by atoms with Crippen LogP contribution in [0.15, 0.2) is 78.0 Å². The predicted molar refractivity (Wildman–Crippen MR) is 147 cm³/mol. The molecule has 0 amide bonds. The second kappa shape index (κ2) is 9.36. The number of aliphatic imine (C=N–C) groups is 1. The molecular weight excluding hydrogens is 530 g/mol. The fourth-order valence-corrected chi connectivity index (χ4v) is 5.34. The van der Waals surface area contributed by atoms with Gasteiger partial charge in [0.15, 0.2) is 17.9 Å². The molecule has 3 aromatic carbocycles. The van der Waals surface area contributed by atoms with Crippen molar-refractivity contribution in [3.8, 4) is 11.3 Å². The minimum Gasteiger partial charge on any atom is -0.373 e. The Balaban J connectivity index is 1.43. The third-order valence-electron chi connectivity index (χ3n) is 7.11. The fraction of sp³-hybridized carbons (Fsp3) is 0.148. The van der Waals surface area contributed by atoms with E-state index in [9.17, 15) is 5.11 Å². The van der Waals surface area contributed by atoms with Crippen LogP contribution in [0.3, 0.4) is 0 Å². The normalized spacial score (nSPS) is 14.9. The van der Waals surface area contributed by atoms with Crippen molar-refractivity contribution in [1.82, 2.24) is 45.2 Å². The first-order valence-corrected chi connectivity index (χ1v) is 12.8. The Bertz CT molecular complexity index is 1950. The second-order valence-electron chi connectivity index (χ2n) is 9.52. The van der Waals surface area contributed by atoms with Gasteiger partial charge in [0.05, 0.1) is 24.8 Å². The summed E-state index contributed by atoms with van der Waals surface area (Å²) in [4.78, 5) is 9.18. The summed E-state index contributed by atoms with van der Waals surface area (Å²) >= 11 is 6.34. The SMILES string of the molecule is C[N+]1=C(C(O)(c2ccc(Cn3cnnn3)cc2)c2ccc3c(c2)c(-c2cccc(Cl)c2)nc2nnnn23)CN=C1. The standard InChI is InChI=1S/C27H21ClN11O/c1-37-15-29-13-24(37)27(40,19-7-5-17(6-8-19)14-38-16-30-33-35-38)20-9-10-23-22(12-20)25(18-3-2-4-21(28)11-18)31-26-32-34-36-39(23)26/h2-12,15-16,40H,13-14H2,1H3/q+1. The van der Waals surface area contributed by atoms with E-state index in [2.05, 4.69) is 36.0 Å². The van der Waals surface area contributed by atoms with Crippen LogP contribution in [0.1, 0.15) is 16.7 Å². The first-order valence-electron chi connectivity index (χ1n) is 12.4. The summed E-state index contributed by atoms with van der Waals surface area (Å²) in [6.07, 6.45) is 3.28. The van der Waals surface area contributed by atoms with Crippen LogP contribution in [-0.2, 0) is 12.1 Å². The molecular formula is C27H21ClN11O+. The monoisotopic (exact) mass is 550 g/mol. The largest absolute Gasteiger partial charge is 0.373 e. The molecule has 1 atom stereocenters. The van der Waals surface area contributed by atoms with Crippen LogP contribution in [-0.4, -0.2) is 80.6 Å². The average Bonchev–Trinajstić information content (AvgIpc) is 3.75. The molecule has 1 N–H and O–H groups in total. The van der Waals surface area contributed by atoms with Gasteiger partial charge in [-0.25, -0.2) is 14.2 Å². The molecule has 0 saturated heterocycles.